The molecule has 31 heavy (non-hydrogen) atoms. The molecular formula is C19H34N4O8. The number of aliphatic hydroxyl groups is 1. The number of nitrogens with two attached hydrogens (primary N) is 1. The monoisotopic (exact) mass is 446 g/mol. The normalized spacial score (nSPS) is 16.0. The number of carboxylic acids is 2. The van der Waals surface area contributed by atoms with Gasteiger partial charge in [0.2, 0.25) is 17.7 Å². The van der Waals surface area contributed by atoms with Gasteiger partial charge in [0.05, 0.1) is 12.5 Å². The third-order valence-electron chi connectivity index (χ3n) is 4.40. The first kappa shape index (κ1) is 28.3. The predicted molar refractivity (Wildman–Crippen MR) is 110 cm³/mol. The van der Waals surface area contributed by atoms with Gasteiger partial charge in [-0.05, 0) is 25.2 Å². The maximum atomic E-state index is 12.6. The van der Waals surface area contributed by atoms with E-state index in [0.717, 1.165) is 0 Å². The summed E-state index contributed by atoms with van der Waals surface area (Å²) in [5.74, 6) is -5.75. The topological polar surface area (TPSA) is 208 Å². The summed E-state index contributed by atoms with van der Waals surface area (Å²) in [6, 6.07) is -5.29. The average molecular weight is 447 g/mol. The Balaban J connectivity index is 5.46. The van der Waals surface area contributed by atoms with E-state index in [0.29, 0.717) is 0 Å². The Morgan fingerprint density at radius 3 is 1.71 bits per heavy atom. The van der Waals surface area contributed by atoms with Crippen LogP contribution in [0.4, 0.5) is 0 Å². The van der Waals surface area contributed by atoms with Crippen molar-refractivity contribution in [1.29, 1.82) is 0 Å². The average Bonchev–Trinajstić information content (AvgIpc) is 2.62. The summed E-state index contributed by atoms with van der Waals surface area (Å²) < 4.78 is 0. The zero-order valence-electron chi connectivity index (χ0n) is 18.4. The van der Waals surface area contributed by atoms with Gasteiger partial charge in [0.25, 0.3) is 0 Å². The zero-order valence-corrected chi connectivity index (χ0v) is 18.4. The molecule has 0 rings (SSSR count). The van der Waals surface area contributed by atoms with Crippen molar-refractivity contribution in [2.75, 3.05) is 0 Å². The van der Waals surface area contributed by atoms with Crippen LogP contribution in [0.25, 0.3) is 0 Å². The molecule has 8 N–H and O–H groups in total. The van der Waals surface area contributed by atoms with Gasteiger partial charge >= 0.3 is 11.9 Å². The Morgan fingerprint density at radius 2 is 1.32 bits per heavy atom. The summed E-state index contributed by atoms with van der Waals surface area (Å²) in [7, 11) is 0. The standard InChI is InChI=1S/C19H34N4O8/c1-8(2)6-12(19(30)31)22-18(29)15(9(3)4)23-16(27)11(7-13(25)26)21-17(28)14(20)10(5)24/h8-12,14-15,24H,6-7,20H2,1-5H3,(H,21,28)(H,22,29)(H,23,27)(H,25,26)(H,30,31). The highest BCUT2D eigenvalue weighted by Gasteiger charge is 2.33. The molecule has 0 aliphatic heterocycles. The van der Waals surface area contributed by atoms with Gasteiger partial charge < -0.3 is 37.0 Å². The number of carbonyl (C=O) groups excluding carboxylic acids is 3. The lowest BCUT2D eigenvalue weighted by molar-refractivity contribution is -0.144. The Hall–Kier alpha value is -2.73. The molecule has 0 fully saturated rings. The summed E-state index contributed by atoms with van der Waals surface area (Å²) >= 11 is 0. The first-order valence-corrected chi connectivity index (χ1v) is 9.96. The number of aliphatic hydroxyl groups excluding tert-OH is 1. The van der Waals surface area contributed by atoms with Crippen LogP contribution < -0.4 is 21.7 Å². The maximum absolute atomic E-state index is 12.6. The fourth-order valence-corrected chi connectivity index (χ4v) is 2.61. The van der Waals surface area contributed by atoms with E-state index in [2.05, 4.69) is 16.0 Å². The van der Waals surface area contributed by atoms with Crippen LogP contribution in [-0.2, 0) is 24.0 Å². The molecule has 178 valence electrons. The maximum Gasteiger partial charge on any atom is 0.326 e. The first-order valence-electron chi connectivity index (χ1n) is 9.96. The van der Waals surface area contributed by atoms with Gasteiger partial charge in [0.15, 0.2) is 0 Å². The van der Waals surface area contributed by atoms with Crippen LogP contribution in [0.15, 0.2) is 0 Å². The fraction of sp³-hybridized carbons (Fsp3) is 0.737. The van der Waals surface area contributed by atoms with E-state index in [4.69, 9.17) is 10.8 Å². The highest BCUT2D eigenvalue weighted by atomic mass is 16.4. The minimum atomic E-state index is -1.56. The smallest absolute Gasteiger partial charge is 0.326 e. The lowest BCUT2D eigenvalue weighted by Gasteiger charge is -2.27. The molecule has 5 atom stereocenters. The fourth-order valence-electron chi connectivity index (χ4n) is 2.61. The number of carboxylic acid groups (broad SMARTS) is 2. The molecular weight excluding hydrogens is 412 g/mol. The van der Waals surface area contributed by atoms with Gasteiger partial charge in [-0.15, -0.1) is 0 Å². The molecule has 0 aromatic heterocycles. The molecule has 0 spiro atoms. The number of rotatable bonds is 13. The SMILES string of the molecule is CC(C)CC(NC(=O)C(NC(=O)C(CC(=O)O)NC(=O)C(N)C(C)O)C(C)C)C(=O)O. The summed E-state index contributed by atoms with van der Waals surface area (Å²) in [5.41, 5.74) is 5.50. The van der Waals surface area contributed by atoms with Crippen LogP contribution in [0.2, 0.25) is 0 Å². The van der Waals surface area contributed by atoms with E-state index in [9.17, 15) is 34.2 Å². The summed E-state index contributed by atoms with van der Waals surface area (Å²) in [4.78, 5) is 59.8. The van der Waals surface area contributed by atoms with Gasteiger partial charge in [-0.1, -0.05) is 27.7 Å². The highest BCUT2D eigenvalue weighted by Crippen LogP contribution is 2.09. The van der Waals surface area contributed by atoms with Gasteiger partial charge in [0, 0.05) is 0 Å². The van der Waals surface area contributed by atoms with Crippen molar-refractivity contribution in [3.05, 3.63) is 0 Å². The van der Waals surface area contributed by atoms with Crippen LogP contribution in [0.5, 0.6) is 0 Å². The van der Waals surface area contributed by atoms with E-state index < -0.39 is 72.3 Å². The van der Waals surface area contributed by atoms with Gasteiger partial charge in [-0.2, -0.15) is 0 Å². The molecule has 0 saturated carbocycles. The first-order chi connectivity index (χ1) is 14.2. The predicted octanol–water partition coefficient (Wildman–Crippen LogP) is -1.59. The molecule has 3 amide bonds. The molecule has 0 aromatic carbocycles. The van der Waals surface area contributed by atoms with Crippen LogP contribution in [0.3, 0.4) is 0 Å². The third kappa shape index (κ3) is 10.2. The van der Waals surface area contributed by atoms with Crippen molar-refractivity contribution >= 4 is 29.7 Å². The van der Waals surface area contributed by atoms with Crippen molar-refractivity contribution in [3.8, 4) is 0 Å². The Kier molecular flexibility index (Phi) is 11.7. The largest absolute Gasteiger partial charge is 0.481 e. The van der Waals surface area contributed by atoms with E-state index in [1.165, 1.54) is 6.92 Å². The zero-order chi connectivity index (χ0) is 24.5. The van der Waals surface area contributed by atoms with E-state index in [1.54, 1.807) is 27.7 Å². The van der Waals surface area contributed by atoms with Crippen LogP contribution in [-0.4, -0.2) is 75.3 Å². The number of aliphatic carboxylic acids is 2. The quantitative estimate of drug-likeness (QED) is 0.174. The van der Waals surface area contributed by atoms with Crippen LogP contribution >= 0.6 is 0 Å². The van der Waals surface area contributed by atoms with Crippen LogP contribution in [0.1, 0.15) is 47.5 Å². The third-order valence-corrected chi connectivity index (χ3v) is 4.40. The minimum absolute atomic E-state index is 0.0122. The molecule has 12 heteroatoms. The summed E-state index contributed by atoms with van der Waals surface area (Å²) in [6.45, 7) is 8.06. The molecule has 0 aromatic rings. The minimum Gasteiger partial charge on any atom is -0.481 e. The number of amides is 3. The highest BCUT2D eigenvalue weighted by molar-refractivity contribution is 5.95. The van der Waals surface area contributed by atoms with Crippen molar-refractivity contribution in [2.24, 2.45) is 17.6 Å². The molecule has 0 aliphatic rings. The Morgan fingerprint density at radius 1 is 0.806 bits per heavy atom. The number of carbonyl (C=O) groups is 5. The number of hydrogen-bond acceptors (Lipinski definition) is 7. The van der Waals surface area contributed by atoms with E-state index in [-0.39, 0.29) is 12.3 Å². The second-order valence-corrected chi connectivity index (χ2v) is 8.18. The Labute approximate surface area is 180 Å². The molecule has 0 saturated heterocycles. The number of nitrogens with one attached hydrogen (secondary N) is 3. The molecule has 12 nitrogen and oxygen atoms in total. The van der Waals surface area contributed by atoms with E-state index >= 15 is 0 Å². The second-order valence-electron chi connectivity index (χ2n) is 8.18. The summed E-state index contributed by atoms with van der Waals surface area (Å²) in [5, 5.41) is 34.7. The molecule has 0 bridgehead atoms. The lowest BCUT2D eigenvalue weighted by Crippen LogP contribution is -2.59. The van der Waals surface area contributed by atoms with Crippen molar-refractivity contribution < 1.29 is 39.3 Å². The molecule has 0 aliphatic carbocycles. The second kappa shape index (κ2) is 12.8. The van der Waals surface area contributed by atoms with Gasteiger partial charge in [-0.25, -0.2) is 4.79 Å². The van der Waals surface area contributed by atoms with E-state index in [1.807, 2.05) is 0 Å². The van der Waals surface area contributed by atoms with Crippen molar-refractivity contribution in [1.82, 2.24) is 16.0 Å². The Bertz CT molecular complexity index is 665. The van der Waals surface area contributed by atoms with Crippen molar-refractivity contribution in [2.45, 2.75) is 77.7 Å². The molecule has 5 unspecified atom stereocenters. The number of hydrogen-bond donors (Lipinski definition) is 7. The van der Waals surface area contributed by atoms with Gasteiger partial charge in [0.1, 0.15) is 24.2 Å². The van der Waals surface area contributed by atoms with Crippen molar-refractivity contribution in [3.63, 3.8) is 0 Å². The van der Waals surface area contributed by atoms with Crippen LogP contribution in [0, 0.1) is 11.8 Å². The molecule has 0 heterocycles. The van der Waals surface area contributed by atoms with Gasteiger partial charge in [-0.3, -0.25) is 19.2 Å². The lowest BCUT2D eigenvalue weighted by atomic mass is 10.00. The molecule has 0 radical (unpaired) electrons. The summed E-state index contributed by atoms with van der Waals surface area (Å²) in [6.07, 6.45) is -1.85.